The van der Waals surface area contributed by atoms with E-state index in [-0.39, 0.29) is 5.91 Å². The molecule has 0 aliphatic rings. The van der Waals surface area contributed by atoms with Crippen molar-refractivity contribution >= 4 is 23.2 Å². The Kier molecular flexibility index (Phi) is 6.22. The second kappa shape index (κ2) is 8.99. The standard InChI is InChI=1S/C22H25N5O/c1-16-15-20(21(28)25-18-9-11-19(12-10-18)27(2)3)26-22(24-16)23-14-13-17-7-5-4-6-8-17/h4-12,15H,13-14H2,1-3H3,(H,25,28)(H,23,24,26). The summed E-state index contributed by atoms with van der Waals surface area (Å²) in [6.07, 6.45) is 0.859. The van der Waals surface area contributed by atoms with E-state index in [1.807, 2.05) is 68.4 Å². The summed E-state index contributed by atoms with van der Waals surface area (Å²) in [6, 6.07) is 19.6. The van der Waals surface area contributed by atoms with E-state index in [2.05, 4.69) is 32.7 Å². The average molecular weight is 375 g/mol. The fraction of sp³-hybridized carbons (Fsp3) is 0.227. The molecule has 0 bridgehead atoms. The van der Waals surface area contributed by atoms with Gasteiger partial charge in [0.05, 0.1) is 0 Å². The Labute approximate surface area is 165 Å². The molecule has 0 unspecified atom stereocenters. The summed E-state index contributed by atoms with van der Waals surface area (Å²) in [4.78, 5) is 23.3. The van der Waals surface area contributed by atoms with Gasteiger partial charge in [0.2, 0.25) is 5.95 Å². The Balaban J connectivity index is 1.63. The molecule has 1 amide bonds. The van der Waals surface area contributed by atoms with Crippen LogP contribution in [0, 0.1) is 6.92 Å². The summed E-state index contributed by atoms with van der Waals surface area (Å²) in [5.74, 6) is 0.207. The summed E-state index contributed by atoms with van der Waals surface area (Å²) >= 11 is 0. The third kappa shape index (κ3) is 5.30. The highest BCUT2D eigenvalue weighted by molar-refractivity contribution is 6.03. The van der Waals surface area contributed by atoms with E-state index >= 15 is 0 Å². The number of nitrogens with zero attached hydrogens (tertiary/aromatic N) is 3. The van der Waals surface area contributed by atoms with Crippen LogP contribution in [0.25, 0.3) is 0 Å². The first-order chi connectivity index (χ1) is 13.5. The minimum atomic E-state index is -0.255. The van der Waals surface area contributed by atoms with Crippen molar-refractivity contribution in [3.63, 3.8) is 0 Å². The van der Waals surface area contributed by atoms with E-state index in [0.717, 1.165) is 23.5 Å². The molecule has 0 saturated heterocycles. The lowest BCUT2D eigenvalue weighted by molar-refractivity contribution is 0.102. The van der Waals surface area contributed by atoms with Gasteiger partial charge >= 0.3 is 0 Å². The Morgan fingerprint density at radius 1 is 1.00 bits per heavy atom. The molecule has 3 rings (SSSR count). The van der Waals surface area contributed by atoms with Crippen molar-refractivity contribution in [3.05, 3.63) is 77.6 Å². The molecule has 2 aromatic carbocycles. The highest BCUT2D eigenvalue weighted by atomic mass is 16.1. The second-order valence-electron chi connectivity index (χ2n) is 6.78. The van der Waals surface area contributed by atoms with Gasteiger partial charge in [0.15, 0.2) is 0 Å². The van der Waals surface area contributed by atoms with E-state index in [0.29, 0.717) is 18.2 Å². The van der Waals surface area contributed by atoms with Crippen molar-refractivity contribution in [3.8, 4) is 0 Å². The molecule has 6 heteroatoms. The van der Waals surface area contributed by atoms with Crippen molar-refractivity contribution in [2.75, 3.05) is 36.2 Å². The van der Waals surface area contributed by atoms with Crippen LogP contribution >= 0.6 is 0 Å². The van der Waals surface area contributed by atoms with Crippen LogP contribution < -0.4 is 15.5 Å². The van der Waals surface area contributed by atoms with Crippen molar-refractivity contribution in [1.29, 1.82) is 0 Å². The van der Waals surface area contributed by atoms with E-state index in [9.17, 15) is 4.79 Å². The number of anilines is 3. The van der Waals surface area contributed by atoms with Gasteiger partial charge in [0, 0.05) is 37.7 Å². The van der Waals surface area contributed by atoms with E-state index in [4.69, 9.17) is 0 Å². The van der Waals surface area contributed by atoms with Gasteiger partial charge < -0.3 is 15.5 Å². The summed E-state index contributed by atoms with van der Waals surface area (Å²) in [5.41, 5.74) is 4.12. The molecule has 0 saturated carbocycles. The molecule has 2 N–H and O–H groups in total. The predicted molar refractivity (Wildman–Crippen MR) is 114 cm³/mol. The van der Waals surface area contributed by atoms with Gasteiger partial charge in [0.1, 0.15) is 5.69 Å². The second-order valence-corrected chi connectivity index (χ2v) is 6.78. The zero-order valence-corrected chi connectivity index (χ0v) is 16.4. The normalized spacial score (nSPS) is 10.4. The zero-order chi connectivity index (χ0) is 19.9. The molecule has 3 aromatic rings. The third-order valence-corrected chi connectivity index (χ3v) is 4.27. The maximum Gasteiger partial charge on any atom is 0.274 e. The van der Waals surface area contributed by atoms with Crippen LogP contribution in [0.2, 0.25) is 0 Å². The molecular weight excluding hydrogens is 350 g/mol. The fourth-order valence-electron chi connectivity index (χ4n) is 2.77. The lowest BCUT2D eigenvalue weighted by Crippen LogP contribution is -2.17. The lowest BCUT2D eigenvalue weighted by atomic mass is 10.1. The lowest BCUT2D eigenvalue weighted by Gasteiger charge is -2.13. The average Bonchev–Trinajstić information content (AvgIpc) is 2.69. The van der Waals surface area contributed by atoms with Crippen LogP contribution in [-0.4, -0.2) is 36.5 Å². The predicted octanol–water partition coefficient (Wildman–Crippen LogP) is 3.76. The summed E-state index contributed by atoms with van der Waals surface area (Å²) < 4.78 is 0. The molecule has 0 atom stereocenters. The van der Waals surface area contributed by atoms with Gasteiger partial charge in [-0.05, 0) is 49.2 Å². The topological polar surface area (TPSA) is 70.2 Å². The number of aryl methyl sites for hydroxylation is 1. The number of carbonyl (C=O) groups excluding carboxylic acids is 1. The number of rotatable bonds is 7. The van der Waals surface area contributed by atoms with E-state index in [1.165, 1.54) is 5.56 Å². The first-order valence-electron chi connectivity index (χ1n) is 9.23. The van der Waals surface area contributed by atoms with Crippen LogP contribution in [0.4, 0.5) is 17.3 Å². The minimum Gasteiger partial charge on any atom is -0.378 e. The molecule has 1 aromatic heterocycles. The molecule has 0 aliphatic carbocycles. The number of carbonyl (C=O) groups is 1. The number of nitrogens with one attached hydrogen (secondary N) is 2. The number of benzene rings is 2. The van der Waals surface area contributed by atoms with Gasteiger partial charge in [-0.25, -0.2) is 9.97 Å². The number of aromatic nitrogens is 2. The van der Waals surface area contributed by atoms with Crippen molar-refractivity contribution in [2.24, 2.45) is 0 Å². The largest absolute Gasteiger partial charge is 0.378 e. The van der Waals surface area contributed by atoms with Crippen LogP contribution in [0.1, 0.15) is 21.7 Å². The van der Waals surface area contributed by atoms with Gasteiger partial charge in [-0.2, -0.15) is 0 Å². The van der Waals surface area contributed by atoms with Gasteiger partial charge in [-0.15, -0.1) is 0 Å². The number of hydrogen-bond donors (Lipinski definition) is 2. The summed E-state index contributed by atoms with van der Waals surface area (Å²) in [7, 11) is 3.95. The minimum absolute atomic E-state index is 0.255. The zero-order valence-electron chi connectivity index (χ0n) is 16.4. The van der Waals surface area contributed by atoms with Crippen LogP contribution in [0.3, 0.4) is 0 Å². The highest BCUT2D eigenvalue weighted by Gasteiger charge is 2.11. The quantitative estimate of drug-likeness (QED) is 0.658. The van der Waals surface area contributed by atoms with Crippen molar-refractivity contribution < 1.29 is 4.79 Å². The fourth-order valence-corrected chi connectivity index (χ4v) is 2.77. The summed E-state index contributed by atoms with van der Waals surface area (Å²) in [5, 5.41) is 6.09. The maximum absolute atomic E-state index is 12.6. The van der Waals surface area contributed by atoms with E-state index < -0.39 is 0 Å². The highest BCUT2D eigenvalue weighted by Crippen LogP contribution is 2.16. The van der Waals surface area contributed by atoms with Gasteiger partial charge in [0.25, 0.3) is 5.91 Å². The Bertz CT molecular complexity index is 923. The molecule has 0 spiro atoms. The van der Waals surface area contributed by atoms with Crippen molar-refractivity contribution in [1.82, 2.24) is 9.97 Å². The SMILES string of the molecule is Cc1cc(C(=O)Nc2ccc(N(C)C)cc2)nc(NCCc2ccccc2)n1. The number of amides is 1. The first-order valence-corrected chi connectivity index (χ1v) is 9.23. The maximum atomic E-state index is 12.6. The molecular formula is C22H25N5O. The van der Waals surface area contributed by atoms with Crippen LogP contribution in [0.5, 0.6) is 0 Å². The van der Waals surface area contributed by atoms with Crippen LogP contribution in [-0.2, 0) is 6.42 Å². The molecule has 144 valence electrons. The number of hydrogen-bond acceptors (Lipinski definition) is 5. The molecule has 28 heavy (non-hydrogen) atoms. The molecule has 6 nitrogen and oxygen atoms in total. The monoisotopic (exact) mass is 375 g/mol. The van der Waals surface area contributed by atoms with Crippen LogP contribution in [0.15, 0.2) is 60.7 Å². The molecule has 1 heterocycles. The van der Waals surface area contributed by atoms with Crippen molar-refractivity contribution in [2.45, 2.75) is 13.3 Å². The third-order valence-electron chi connectivity index (χ3n) is 4.27. The first kappa shape index (κ1) is 19.4. The van der Waals surface area contributed by atoms with E-state index in [1.54, 1.807) is 6.07 Å². The smallest absolute Gasteiger partial charge is 0.274 e. The molecule has 0 radical (unpaired) electrons. The Morgan fingerprint density at radius 3 is 2.39 bits per heavy atom. The Morgan fingerprint density at radius 2 is 1.71 bits per heavy atom. The molecule has 0 fully saturated rings. The Hall–Kier alpha value is -3.41. The van der Waals surface area contributed by atoms with Gasteiger partial charge in [-0.3, -0.25) is 4.79 Å². The molecule has 0 aliphatic heterocycles. The van der Waals surface area contributed by atoms with Gasteiger partial charge in [-0.1, -0.05) is 30.3 Å². The summed E-state index contributed by atoms with van der Waals surface area (Å²) in [6.45, 7) is 2.55.